The fraction of sp³-hybridized carbons (Fsp3) is 0. The quantitative estimate of drug-likeness (QED) is 0.363. The summed E-state index contributed by atoms with van der Waals surface area (Å²) < 4.78 is 32.7. The molecule has 0 N–H and O–H groups in total. The molecule has 0 spiro atoms. The third-order valence-electron chi connectivity index (χ3n) is 0.254. The van der Waals surface area contributed by atoms with Gasteiger partial charge in [-0.25, -0.2) is 0 Å². The summed E-state index contributed by atoms with van der Waals surface area (Å²) in [5, 5.41) is 0. The molecule has 0 aromatic heterocycles. The molecule has 0 amide bonds. The average molecular weight is 156 g/mol. The van der Waals surface area contributed by atoms with Gasteiger partial charge in [-0.05, 0) is 4.54 Å². The lowest BCUT2D eigenvalue weighted by Gasteiger charge is -1.91. The van der Waals surface area contributed by atoms with E-state index in [1.54, 1.807) is 0 Å². The Kier molecular flexibility index (Phi) is 2.36. The fourth-order valence-corrected chi connectivity index (χ4v) is 0. The maximum atomic E-state index is 11.2. The van der Waals surface area contributed by atoms with Crippen LogP contribution in [0.5, 0.6) is 0 Å². The lowest BCUT2D eigenvalue weighted by Crippen LogP contribution is -1.92. The molecule has 7 heavy (non-hydrogen) atoms. The summed E-state index contributed by atoms with van der Waals surface area (Å²) in [6.45, 7) is 0. The van der Waals surface area contributed by atoms with E-state index in [1.807, 2.05) is 0 Å². The number of hydrogen-bond acceptors (Lipinski definition) is 0. The second kappa shape index (κ2) is 2.19. The van der Waals surface area contributed by atoms with Crippen LogP contribution in [0.15, 0.2) is 0 Å². The molecule has 0 unspecified atom stereocenters. The van der Waals surface area contributed by atoms with Gasteiger partial charge in [-0.1, -0.05) is 0 Å². The van der Waals surface area contributed by atoms with Gasteiger partial charge in [0, 0.05) is 0 Å². The molecule has 0 saturated carbocycles. The van der Waals surface area contributed by atoms with Crippen molar-refractivity contribution in [3.05, 3.63) is 0 Å². The molecule has 6 radical (unpaired) electrons. The van der Waals surface area contributed by atoms with E-state index >= 15 is 0 Å². The molecule has 38 valence electrons. The number of hydrogen-bond donors (Lipinski definition) is 0. The van der Waals surface area contributed by atoms with Crippen LogP contribution in [0.2, 0.25) is 0 Å². The summed E-state index contributed by atoms with van der Waals surface area (Å²) in [6, 6.07) is 0. The Labute approximate surface area is 46.3 Å². The highest BCUT2D eigenvalue weighted by Crippen LogP contribution is 2.53. The van der Waals surface area contributed by atoms with Crippen LogP contribution < -0.4 is 0 Å². The van der Waals surface area contributed by atoms with E-state index in [2.05, 4.69) is 20.5 Å². The number of rotatable bonds is 0. The largest absolute Gasteiger partial charge is 0.363 e. The highest BCUT2D eigenvalue weighted by atomic mass is 31.2. The Morgan fingerprint density at radius 2 is 1.29 bits per heavy atom. The Morgan fingerprint density at radius 3 is 1.29 bits per heavy atom. The minimum absolute atomic E-state index is 0.785. The van der Waals surface area contributed by atoms with Gasteiger partial charge >= 0.3 is 7.82 Å². The van der Waals surface area contributed by atoms with Crippen LogP contribution in [0.1, 0.15) is 0 Å². The molecule has 0 aliphatic heterocycles. The van der Waals surface area contributed by atoms with E-state index in [1.165, 1.54) is 0 Å². The van der Waals surface area contributed by atoms with Crippen molar-refractivity contribution in [2.24, 2.45) is 0 Å². The van der Waals surface area contributed by atoms with E-state index in [-0.39, 0.29) is 0 Å². The highest BCUT2D eigenvalue weighted by Gasteiger charge is 2.12. The first kappa shape index (κ1) is 7.52. The third-order valence-corrected chi connectivity index (χ3v) is 2.28. The Balaban J connectivity index is 4.28. The Bertz CT molecular complexity index is 102. The van der Waals surface area contributed by atoms with Crippen LogP contribution in [0.3, 0.4) is 0 Å². The zero-order valence-corrected chi connectivity index (χ0v) is 5.98. The molecule has 0 fully saturated rings. The summed E-state index contributed by atoms with van der Waals surface area (Å²) in [5.41, 5.74) is 0. The van der Waals surface area contributed by atoms with Crippen molar-refractivity contribution < 1.29 is 12.6 Å². The first-order valence-corrected chi connectivity index (χ1v) is 3.69. The van der Waals surface area contributed by atoms with Gasteiger partial charge in [-0.15, -0.1) is 0 Å². The first-order valence-electron chi connectivity index (χ1n) is 1.23. The topological polar surface area (TPSA) is 0 Å². The zero-order chi connectivity index (χ0) is 6.08. The normalized spacial score (nSPS) is 11.6. The molecule has 0 aliphatic rings. The van der Waals surface area contributed by atoms with Gasteiger partial charge in [0.05, 0.1) is 20.5 Å². The molecule has 0 saturated heterocycles. The van der Waals surface area contributed by atoms with Crippen molar-refractivity contribution in [1.82, 2.24) is 0 Å². The van der Waals surface area contributed by atoms with Crippen molar-refractivity contribution in [2.45, 2.75) is 0 Å². The van der Waals surface area contributed by atoms with Crippen molar-refractivity contribution in [3.8, 4) is 0 Å². The van der Waals surface area contributed by atoms with Crippen molar-refractivity contribution in [1.29, 1.82) is 0 Å². The lowest BCUT2D eigenvalue weighted by atomic mass is 11.9. The van der Waals surface area contributed by atoms with Crippen LogP contribution in [0, 0.1) is 0 Å². The molecule has 0 bridgehead atoms. The van der Waals surface area contributed by atoms with Crippen LogP contribution in [-0.2, 0) is 0 Å². The second-order valence-electron chi connectivity index (χ2n) is 0.794. The van der Waals surface area contributed by atoms with Crippen LogP contribution in [-0.4, -0.2) is 25.0 Å². The fourth-order valence-electron chi connectivity index (χ4n) is 0. The van der Waals surface area contributed by atoms with Crippen molar-refractivity contribution >= 4 is 32.8 Å². The molecule has 0 atom stereocenters. The minimum atomic E-state index is -5.24. The first-order chi connectivity index (χ1) is 2.94. The molecule has 0 heterocycles. The predicted octanol–water partition coefficient (Wildman–Crippen LogP) is 1.08. The van der Waals surface area contributed by atoms with Gasteiger partial charge in [0.25, 0.3) is 0 Å². The minimum Gasteiger partial charge on any atom is -0.160 e. The van der Waals surface area contributed by atoms with E-state index in [4.69, 9.17) is 0 Å². The Hall–Kier alpha value is 0.524. The van der Waals surface area contributed by atoms with Gasteiger partial charge < -0.3 is 0 Å². The van der Waals surface area contributed by atoms with Crippen LogP contribution >= 0.6 is 7.82 Å². The standard InChI is InChI=1S/CF3PSi2/c2-5(3,4)1(6)7. The SMILES string of the molecule is FP(F)(F)=C([Si])[Si]. The molecule has 0 aromatic carbocycles. The van der Waals surface area contributed by atoms with Gasteiger partial charge in [0.2, 0.25) is 0 Å². The maximum Gasteiger partial charge on any atom is 0.363 e. The molecule has 6 heteroatoms. The Morgan fingerprint density at radius 1 is 1.14 bits per heavy atom. The lowest BCUT2D eigenvalue weighted by molar-refractivity contribution is 0.624. The summed E-state index contributed by atoms with van der Waals surface area (Å²) in [4.78, 5) is 0. The molecule has 0 rings (SSSR count). The van der Waals surface area contributed by atoms with Gasteiger partial charge in [-0.3, -0.25) is 0 Å². The highest BCUT2D eigenvalue weighted by molar-refractivity contribution is 7.68. The molecule has 0 aromatic rings. The summed E-state index contributed by atoms with van der Waals surface area (Å²) in [7, 11) is -0.653. The second-order valence-corrected chi connectivity index (χ2v) is 4.47. The molecular formula is CF3PSi2. The zero-order valence-electron chi connectivity index (χ0n) is 3.08. The van der Waals surface area contributed by atoms with Crippen LogP contribution in [0.25, 0.3) is 0 Å². The maximum absolute atomic E-state index is 11.2. The predicted molar refractivity (Wildman–Crippen MR) is 26.8 cm³/mol. The summed E-state index contributed by atoms with van der Waals surface area (Å²) in [5.74, 6) is 0. The average Bonchev–Trinajstić information content (AvgIpc) is 1.31. The van der Waals surface area contributed by atoms with E-state index in [0.717, 1.165) is 0 Å². The monoisotopic (exact) mass is 156 g/mol. The molecule has 0 nitrogen and oxygen atoms in total. The van der Waals surface area contributed by atoms with Gasteiger partial charge in [0.15, 0.2) is 0 Å². The van der Waals surface area contributed by atoms with E-state index in [0.29, 0.717) is 0 Å². The molecular weight excluding hydrogens is 156 g/mol. The van der Waals surface area contributed by atoms with Gasteiger partial charge in [0.1, 0.15) is 0 Å². The van der Waals surface area contributed by atoms with Crippen molar-refractivity contribution in [2.75, 3.05) is 0 Å². The number of halogens is 3. The smallest absolute Gasteiger partial charge is 0.160 e. The third kappa shape index (κ3) is 3.14. The summed E-state index contributed by atoms with van der Waals surface area (Å²) >= 11 is 0. The van der Waals surface area contributed by atoms with Gasteiger partial charge in [-0.2, -0.15) is 12.6 Å². The van der Waals surface area contributed by atoms with Crippen LogP contribution in [0.4, 0.5) is 12.6 Å². The van der Waals surface area contributed by atoms with E-state index < -0.39 is 12.4 Å². The van der Waals surface area contributed by atoms with Crippen molar-refractivity contribution in [3.63, 3.8) is 0 Å². The molecule has 0 aliphatic carbocycles. The van der Waals surface area contributed by atoms with E-state index in [9.17, 15) is 12.6 Å². The summed E-state index contributed by atoms with van der Waals surface area (Å²) in [6.07, 6.45) is 0.